The molecule has 0 saturated carbocycles. The van der Waals surface area contributed by atoms with Crippen molar-refractivity contribution in [2.75, 3.05) is 18.9 Å². The quantitative estimate of drug-likeness (QED) is 0.890. The molecule has 0 saturated heterocycles. The molecule has 0 spiro atoms. The highest BCUT2D eigenvalue weighted by Gasteiger charge is 2.16. The van der Waals surface area contributed by atoms with Crippen LogP contribution in [0.1, 0.15) is 26.3 Å². The van der Waals surface area contributed by atoms with E-state index in [1.807, 2.05) is 40.0 Å². The molecule has 4 nitrogen and oxygen atoms in total. The van der Waals surface area contributed by atoms with E-state index < -0.39 is 11.7 Å². The van der Waals surface area contributed by atoms with Crippen molar-refractivity contribution in [2.45, 2.75) is 32.8 Å². The molecule has 1 amide bonds. The lowest BCUT2D eigenvalue weighted by molar-refractivity contribution is 0.0636. The molecule has 19 heavy (non-hydrogen) atoms. The number of hydrogen-bond donors (Lipinski definition) is 2. The van der Waals surface area contributed by atoms with E-state index in [1.165, 1.54) is 0 Å². The largest absolute Gasteiger partial charge is 0.444 e. The van der Waals surface area contributed by atoms with E-state index in [4.69, 9.17) is 16.3 Å². The average molecular weight is 285 g/mol. The van der Waals surface area contributed by atoms with Crippen molar-refractivity contribution in [3.8, 4) is 0 Å². The minimum Gasteiger partial charge on any atom is -0.444 e. The molecule has 0 atom stereocenters. The fourth-order valence-electron chi connectivity index (χ4n) is 1.51. The third-order valence-corrected chi connectivity index (χ3v) is 2.69. The Kier molecular flexibility index (Phi) is 5.63. The Labute approximate surface area is 119 Å². The lowest BCUT2D eigenvalue weighted by Crippen LogP contribution is -2.27. The van der Waals surface area contributed by atoms with Crippen LogP contribution in [-0.4, -0.2) is 25.3 Å². The van der Waals surface area contributed by atoms with E-state index in [0.717, 1.165) is 18.5 Å². The van der Waals surface area contributed by atoms with Gasteiger partial charge in [-0.15, -0.1) is 0 Å². The van der Waals surface area contributed by atoms with Crippen molar-refractivity contribution in [2.24, 2.45) is 0 Å². The summed E-state index contributed by atoms with van der Waals surface area (Å²) in [5.74, 6) is 0. The molecule has 1 aromatic carbocycles. The van der Waals surface area contributed by atoms with Crippen molar-refractivity contribution in [1.29, 1.82) is 0 Å². The summed E-state index contributed by atoms with van der Waals surface area (Å²) in [5.41, 5.74) is 1.17. The predicted molar refractivity (Wildman–Crippen MR) is 78.9 cm³/mol. The van der Waals surface area contributed by atoms with Gasteiger partial charge in [0, 0.05) is 10.7 Å². The highest BCUT2D eigenvalue weighted by atomic mass is 35.5. The second kappa shape index (κ2) is 6.78. The molecule has 0 radical (unpaired) electrons. The summed E-state index contributed by atoms with van der Waals surface area (Å²) in [4.78, 5) is 11.6. The van der Waals surface area contributed by atoms with Gasteiger partial charge in [-0.2, -0.15) is 0 Å². The van der Waals surface area contributed by atoms with Gasteiger partial charge in [0.15, 0.2) is 0 Å². The van der Waals surface area contributed by atoms with Crippen LogP contribution in [0.25, 0.3) is 0 Å². The van der Waals surface area contributed by atoms with Crippen molar-refractivity contribution < 1.29 is 9.53 Å². The number of amides is 1. The molecule has 106 valence electrons. The van der Waals surface area contributed by atoms with Crippen LogP contribution in [-0.2, 0) is 11.2 Å². The van der Waals surface area contributed by atoms with Crippen LogP contribution in [0.4, 0.5) is 10.5 Å². The van der Waals surface area contributed by atoms with Crippen LogP contribution in [0.5, 0.6) is 0 Å². The van der Waals surface area contributed by atoms with Gasteiger partial charge in [-0.3, -0.25) is 5.32 Å². The standard InChI is InChI=1S/C14H21ClN2O2/c1-14(2,3)19-13(18)17-11-6-5-10(7-8-16-4)12(15)9-11/h5-6,9,16H,7-8H2,1-4H3,(H,17,18). The predicted octanol–water partition coefficient (Wildman–Crippen LogP) is 3.45. The Morgan fingerprint density at radius 3 is 2.58 bits per heavy atom. The molecule has 0 aliphatic rings. The summed E-state index contributed by atoms with van der Waals surface area (Å²) in [6.45, 7) is 6.32. The third-order valence-electron chi connectivity index (χ3n) is 2.34. The molecule has 5 heteroatoms. The van der Waals surface area contributed by atoms with Crippen molar-refractivity contribution in [3.63, 3.8) is 0 Å². The van der Waals surface area contributed by atoms with Gasteiger partial charge in [-0.1, -0.05) is 17.7 Å². The van der Waals surface area contributed by atoms with Crippen molar-refractivity contribution in [1.82, 2.24) is 5.32 Å². The minimum absolute atomic E-state index is 0.480. The first kappa shape index (κ1) is 15.8. The Morgan fingerprint density at radius 2 is 2.05 bits per heavy atom. The van der Waals surface area contributed by atoms with Gasteiger partial charge in [0.2, 0.25) is 0 Å². The number of likely N-dealkylation sites (N-methyl/N-ethyl adjacent to an activating group) is 1. The van der Waals surface area contributed by atoms with Crippen LogP contribution in [0.2, 0.25) is 5.02 Å². The van der Waals surface area contributed by atoms with Gasteiger partial charge in [-0.05, 0) is 58.5 Å². The molecule has 0 unspecified atom stereocenters. The second-order valence-corrected chi connectivity index (χ2v) is 5.69. The van der Waals surface area contributed by atoms with E-state index in [9.17, 15) is 4.79 Å². The van der Waals surface area contributed by atoms with Gasteiger partial charge in [0.1, 0.15) is 5.60 Å². The van der Waals surface area contributed by atoms with E-state index in [-0.39, 0.29) is 0 Å². The first-order valence-electron chi connectivity index (χ1n) is 6.25. The summed E-state index contributed by atoms with van der Waals surface area (Å²) in [6.07, 6.45) is 0.369. The van der Waals surface area contributed by atoms with E-state index in [2.05, 4.69) is 10.6 Å². The average Bonchev–Trinajstić information content (AvgIpc) is 2.25. The number of nitrogens with one attached hydrogen (secondary N) is 2. The normalized spacial score (nSPS) is 11.2. The smallest absolute Gasteiger partial charge is 0.412 e. The molecule has 0 aliphatic carbocycles. The van der Waals surface area contributed by atoms with Crippen molar-refractivity contribution >= 4 is 23.4 Å². The molecule has 0 fully saturated rings. The van der Waals surface area contributed by atoms with Gasteiger partial charge < -0.3 is 10.1 Å². The van der Waals surface area contributed by atoms with E-state index >= 15 is 0 Å². The topological polar surface area (TPSA) is 50.4 Å². The number of carbonyl (C=O) groups is 1. The molecule has 1 rings (SSSR count). The first-order chi connectivity index (χ1) is 8.81. The fourth-order valence-corrected chi connectivity index (χ4v) is 1.78. The number of rotatable bonds is 4. The summed E-state index contributed by atoms with van der Waals surface area (Å²) in [5, 5.41) is 6.37. The third kappa shape index (κ3) is 5.94. The van der Waals surface area contributed by atoms with Gasteiger partial charge in [0.25, 0.3) is 0 Å². The SMILES string of the molecule is CNCCc1ccc(NC(=O)OC(C)(C)C)cc1Cl. The maximum atomic E-state index is 11.6. The molecule has 1 aromatic rings. The summed E-state index contributed by atoms with van der Waals surface area (Å²) in [7, 11) is 1.90. The maximum Gasteiger partial charge on any atom is 0.412 e. The number of carbonyl (C=O) groups excluding carboxylic acids is 1. The van der Waals surface area contributed by atoms with Crippen LogP contribution in [0, 0.1) is 0 Å². The zero-order valence-corrected chi connectivity index (χ0v) is 12.6. The number of ether oxygens (including phenoxy) is 1. The molecular formula is C14H21ClN2O2. The number of benzene rings is 1. The fraction of sp³-hybridized carbons (Fsp3) is 0.500. The Hall–Kier alpha value is -1.26. The zero-order valence-electron chi connectivity index (χ0n) is 11.8. The highest BCUT2D eigenvalue weighted by molar-refractivity contribution is 6.31. The van der Waals surface area contributed by atoms with Crippen LogP contribution in [0.15, 0.2) is 18.2 Å². The lowest BCUT2D eigenvalue weighted by atomic mass is 10.1. The molecular weight excluding hydrogens is 264 g/mol. The van der Waals surface area contributed by atoms with Crippen molar-refractivity contribution in [3.05, 3.63) is 28.8 Å². The van der Waals surface area contributed by atoms with Gasteiger partial charge >= 0.3 is 6.09 Å². The number of hydrogen-bond acceptors (Lipinski definition) is 3. The van der Waals surface area contributed by atoms with Gasteiger partial charge in [0.05, 0.1) is 0 Å². The van der Waals surface area contributed by atoms with Crippen LogP contribution < -0.4 is 10.6 Å². The van der Waals surface area contributed by atoms with Gasteiger partial charge in [-0.25, -0.2) is 4.79 Å². The monoisotopic (exact) mass is 284 g/mol. The Morgan fingerprint density at radius 1 is 1.37 bits per heavy atom. The number of anilines is 1. The molecule has 0 bridgehead atoms. The molecule has 0 aromatic heterocycles. The zero-order chi connectivity index (χ0) is 14.5. The molecule has 0 heterocycles. The van der Waals surface area contributed by atoms with E-state index in [1.54, 1.807) is 6.07 Å². The van der Waals surface area contributed by atoms with E-state index in [0.29, 0.717) is 10.7 Å². The maximum absolute atomic E-state index is 11.6. The first-order valence-corrected chi connectivity index (χ1v) is 6.62. The lowest BCUT2D eigenvalue weighted by Gasteiger charge is -2.19. The minimum atomic E-state index is -0.513. The number of halogens is 1. The van der Waals surface area contributed by atoms with Crippen LogP contribution >= 0.6 is 11.6 Å². The highest BCUT2D eigenvalue weighted by Crippen LogP contribution is 2.22. The Bertz CT molecular complexity index is 442. The summed E-state index contributed by atoms with van der Waals surface area (Å²) in [6, 6.07) is 5.46. The Balaban J connectivity index is 2.65. The summed E-state index contributed by atoms with van der Waals surface area (Å²) >= 11 is 6.16. The second-order valence-electron chi connectivity index (χ2n) is 5.29. The molecule has 0 aliphatic heterocycles. The molecule has 2 N–H and O–H groups in total. The van der Waals surface area contributed by atoms with Crippen LogP contribution in [0.3, 0.4) is 0 Å². The summed E-state index contributed by atoms with van der Waals surface area (Å²) < 4.78 is 5.17.